The maximum Gasteiger partial charge on any atom is 0.143 e. The van der Waals surface area contributed by atoms with Crippen LogP contribution < -0.4 is 5.32 Å². The van der Waals surface area contributed by atoms with Gasteiger partial charge in [0.1, 0.15) is 23.3 Å². The highest BCUT2D eigenvalue weighted by atomic mass is 19.1. The Morgan fingerprint density at radius 3 is 2.72 bits per heavy atom. The largest absolute Gasteiger partial charge is 0.339 e. The summed E-state index contributed by atoms with van der Waals surface area (Å²) in [6.45, 7) is 0. The van der Waals surface area contributed by atoms with Gasteiger partial charge in [-0.25, -0.2) is 9.37 Å². The molecule has 18 heavy (non-hydrogen) atoms. The van der Waals surface area contributed by atoms with Crippen LogP contribution in [0.2, 0.25) is 0 Å². The SMILES string of the molecule is N#Cc1ccnc(Nc2cccc(F)c2C#N)c1. The highest BCUT2D eigenvalue weighted by Crippen LogP contribution is 2.21. The molecule has 5 heteroatoms. The Bertz CT molecular complexity index is 667. The minimum atomic E-state index is -0.598. The minimum Gasteiger partial charge on any atom is -0.339 e. The molecule has 0 unspecified atom stereocenters. The van der Waals surface area contributed by atoms with E-state index in [1.807, 2.05) is 6.07 Å². The molecule has 1 aromatic carbocycles. The van der Waals surface area contributed by atoms with Gasteiger partial charge in [0.25, 0.3) is 0 Å². The van der Waals surface area contributed by atoms with Gasteiger partial charge in [0.2, 0.25) is 0 Å². The predicted molar refractivity (Wildman–Crippen MR) is 63.3 cm³/mol. The van der Waals surface area contributed by atoms with E-state index >= 15 is 0 Å². The molecule has 0 aliphatic heterocycles. The second-order valence-electron chi connectivity index (χ2n) is 3.44. The third-order valence-corrected chi connectivity index (χ3v) is 2.28. The first kappa shape index (κ1) is 11.6. The molecular formula is C13H7FN4. The van der Waals surface area contributed by atoms with Gasteiger partial charge in [0, 0.05) is 6.20 Å². The zero-order valence-electron chi connectivity index (χ0n) is 9.18. The minimum absolute atomic E-state index is 0.0818. The van der Waals surface area contributed by atoms with Gasteiger partial charge in [0.05, 0.1) is 17.3 Å². The molecule has 0 bridgehead atoms. The van der Waals surface area contributed by atoms with Crippen molar-refractivity contribution in [3.63, 3.8) is 0 Å². The molecule has 0 saturated carbocycles. The van der Waals surface area contributed by atoms with Crippen molar-refractivity contribution in [2.75, 3.05) is 5.32 Å². The van der Waals surface area contributed by atoms with E-state index in [2.05, 4.69) is 10.3 Å². The monoisotopic (exact) mass is 238 g/mol. The highest BCUT2D eigenvalue weighted by Gasteiger charge is 2.08. The molecule has 0 atom stereocenters. The fourth-order valence-corrected chi connectivity index (χ4v) is 1.45. The maximum atomic E-state index is 13.4. The number of halogens is 1. The molecule has 0 saturated heterocycles. The number of anilines is 2. The van der Waals surface area contributed by atoms with E-state index in [0.717, 1.165) is 0 Å². The summed E-state index contributed by atoms with van der Waals surface area (Å²) in [5.74, 6) is -0.213. The number of hydrogen-bond acceptors (Lipinski definition) is 4. The summed E-state index contributed by atoms with van der Waals surface area (Å²) < 4.78 is 13.4. The van der Waals surface area contributed by atoms with Crippen LogP contribution in [0.15, 0.2) is 36.5 Å². The van der Waals surface area contributed by atoms with E-state index in [4.69, 9.17) is 10.5 Å². The van der Waals surface area contributed by atoms with E-state index in [1.165, 1.54) is 24.4 Å². The summed E-state index contributed by atoms with van der Waals surface area (Å²) in [4.78, 5) is 3.99. The number of nitrogens with one attached hydrogen (secondary N) is 1. The maximum absolute atomic E-state index is 13.4. The van der Waals surface area contributed by atoms with Gasteiger partial charge in [0.15, 0.2) is 0 Å². The van der Waals surface area contributed by atoms with Crippen LogP contribution in [-0.2, 0) is 0 Å². The molecule has 0 aliphatic rings. The van der Waals surface area contributed by atoms with Gasteiger partial charge in [-0.3, -0.25) is 0 Å². The Balaban J connectivity index is 2.38. The van der Waals surface area contributed by atoms with Crippen molar-refractivity contribution >= 4 is 11.5 Å². The number of rotatable bonds is 2. The fourth-order valence-electron chi connectivity index (χ4n) is 1.45. The van der Waals surface area contributed by atoms with Crippen molar-refractivity contribution in [1.29, 1.82) is 10.5 Å². The third kappa shape index (κ3) is 2.26. The predicted octanol–water partition coefficient (Wildman–Crippen LogP) is 2.71. The lowest BCUT2D eigenvalue weighted by atomic mass is 10.2. The Hall–Kier alpha value is -2.92. The first-order chi connectivity index (χ1) is 8.74. The quantitative estimate of drug-likeness (QED) is 0.872. The van der Waals surface area contributed by atoms with Crippen LogP contribution in [0.3, 0.4) is 0 Å². The summed E-state index contributed by atoms with van der Waals surface area (Å²) >= 11 is 0. The lowest BCUT2D eigenvalue weighted by molar-refractivity contribution is 0.624. The van der Waals surface area contributed by atoms with Crippen LogP contribution in [0.1, 0.15) is 11.1 Å². The second kappa shape index (κ2) is 4.94. The van der Waals surface area contributed by atoms with Gasteiger partial charge in [-0.1, -0.05) is 6.07 Å². The number of pyridine rings is 1. The molecule has 86 valence electrons. The molecular weight excluding hydrogens is 231 g/mol. The van der Waals surface area contributed by atoms with E-state index in [0.29, 0.717) is 17.1 Å². The first-order valence-corrected chi connectivity index (χ1v) is 5.06. The normalized spacial score (nSPS) is 9.28. The Morgan fingerprint density at radius 2 is 2.00 bits per heavy atom. The van der Waals surface area contributed by atoms with Gasteiger partial charge >= 0.3 is 0 Å². The second-order valence-corrected chi connectivity index (χ2v) is 3.44. The van der Waals surface area contributed by atoms with Gasteiger partial charge in [-0.2, -0.15) is 10.5 Å². The van der Waals surface area contributed by atoms with E-state index in [9.17, 15) is 4.39 Å². The Kier molecular flexibility index (Phi) is 3.17. The number of nitriles is 2. The molecule has 1 N–H and O–H groups in total. The lowest BCUT2D eigenvalue weighted by Crippen LogP contribution is -1.98. The van der Waals surface area contributed by atoms with Crippen molar-refractivity contribution < 1.29 is 4.39 Å². The standard InChI is InChI=1S/C13H7FN4/c14-11-2-1-3-12(10(11)8-16)18-13-6-9(7-15)4-5-17-13/h1-6H,(H,17,18). The van der Waals surface area contributed by atoms with E-state index in [1.54, 1.807) is 18.2 Å². The van der Waals surface area contributed by atoms with Crippen LogP contribution in [0.4, 0.5) is 15.9 Å². The molecule has 1 aromatic heterocycles. The first-order valence-electron chi connectivity index (χ1n) is 5.06. The van der Waals surface area contributed by atoms with Crippen molar-refractivity contribution in [2.45, 2.75) is 0 Å². The van der Waals surface area contributed by atoms with E-state index < -0.39 is 5.82 Å². The van der Waals surface area contributed by atoms with E-state index in [-0.39, 0.29) is 5.56 Å². The number of hydrogen-bond donors (Lipinski definition) is 1. The number of benzene rings is 1. The molecule has 0 fully saturated rings. The average molecular weight is 238 g/mol. The summed E-state index contributed by atoms with van der Waals surface area (Å²) in [6.07, 6.45) is 1.46. The van der Waals surface area contributed by atoms with Gasteiger partial charge < -0.3 is 5.32 Å². The molecule has 0 spiro atoms. The summed E-state index contributed by atoms with van der Waals surface area (Å²) in [5.41, 5.74) is 0.671. The van der Waals surface area contributed by atoms with Crippen molar-refractivity contribution in [1.82, 2.24) is 4.98 Å². The molecule has 4 nitrogen and oxygen atoms in total. The lowest BCUT2D eigenvalue weighted by Gasteiger charge is -2.07. The smallest absolute Gasteiger partial charge is 0.143 e. The van der Waals surface area contributed by atoms with Crippen LogP contribution in [0.25, 0.3) is 0 Å². The van der Waals surface area contributed by atoms with Crippen molar-refractivity contribution in [2.24, 2.45) is 0 Å². The topological polar surface area (TPSA) is 72.5 Å². The molecule has 2 rings (SSSR count). The number of nitrogens with zero attached hydrogens (tertiary/aromatic N) is 3. The van der Waals surface area contributed by atoms with Gasteiger partial charge in [-0.05, 0) is 24.3 Å². The van der Waals surface area contributed by atoms with Crippen molar-refractivity contribution in [3.8, 4) is 12.1 Å². The fraction of sp³-hybridized carbons (Fsp3) is 0. The molecule has 0 radical (unpaired) electrons. The molecule has 0 aliphatic carbocycles. The zero-order valence-corrected chi connectivity index (χ0v) is 9.18. The summed E-state index contributed by atoms with van der Waals surface area (Å²) in [7, 11) is 0. The molecule has 0 amide bonds. The Morgan fingerprint density at radius 1 is 1.17 bits per heavy atom. The van der Waals surface area contributed by atoms with Crippen LogP contribution in [0.5, 0.6) is 0 Å². The molecule has 2 aromatic rings. The average Bonchev–Trinajstić information content (AvgIpc) is 2.39. The Labute approximate surface area is 103 Å². The van der Waals surface area contributed by atoms with Crippen LogP contribution in [0, 0.1) is 28.5 Å². The highest BCUT2D eigenvalue weighted by molar-refractivity contribution is 5.65. The van der Waals surface area contributed by atoms with Crippen LogP contribution >= 0.6 is 0 Å². The third-order valence-electron chi connectivity index (χ3n) is 2.28. The number of aromatic nitrogens is 1. The zero-order chi connectivity index (χ0) is 13.0. The summed E-state index contributed by atoms with van der Waals surface area (Å²) in [5, 5.41) is 20.4. The summed E-state index contributed by atoms with van der Waals surface area (Å²) in [6, 6.07) is 11.1. The van der Waals surface area contributed by atoms with Crippen LogP contribution in [-0.4, -0.2) is 4.98 Å². The van der Waals surface area contributed by atoms with Crippen molar-refractivity contribution in [3.05, 3.63) is 53.5 Å². The van der Waals surface area contributed by atoms with Gasteiger partial charge in [-0.15, -0.1) is 0 Å². The molecule has 1 heterocycles.